The van der Waals surface area contributed by atoms with Crippen LogP contribution in [0.4, 0.5) is 0 Å². The maximum atomic E-state index is 3.59. The summed E-state index contributed by atoms with van der Waals surface area (Å²) in [7, 11) is 2.04. The van der Waals surface area contributed by atoms with Gasteiger partial charge < -0.3 is 5.32 Å². The Labute approximate surface area is 99.0 Å². The van der Waals surface area contributed by atoms with Crippen LogP contribution in [0.15, 0.2) is 15.2 Å². The Morgan fingerprint density at radius 3 is 2.64 bits per heavy atom. The Morgan fingerprint density at radius 1 is 1.50 bits per heavy atom. The van der Waals surface area contributed by atoms with Gasteiger partial charge in [-0.1, -0.05) is 20.3 Å². The second-order valence-electron chi connectivity index (χ2n) is 3.77. The lowest BCUT2D eigenvalue weighted by Crippen LogP contribution is -2.18. The number of halogens is 1. The van der Waals surface area contributed by atoms with Gasteiger partial charge in [0.15, 0.2) is 0 Å². The van der Waals surface area contributed by atoms with Crippen LogP contribution in [0.25, 0.3) is 0 Å². The predicted molar refractivity (Wildman–Crippen MR) is 67.9 cm³/mol. The highest BCUT2D eigenvalue weighted by molar-refractivity contribution is 9.10. The molecule has 0 bridgehead atoms. The molecule has 0 fully saturated rings. The molecule has 0 aliphatic heterocycles. The van der Waals surface area contributed by atoms with Crippen LogP contribution < -0.4 is 5.32 Å². The molecule has 0 aliphatic carbocycles. The smallest absolute Gasteiger partial charge is 0.0339 e. The van der Waals surface area contributed by atoms with Gasteiger partial charge in [-0.3, -0.25) is 0 Å². The second kappa shape index (κ2) is 5.89. The third kappa shape index (κ3) is 3.07. The van der Waals surface area contributed by atoms with Crippen LogP contribution in [0, 0.1) is 5.92 Å². The summed E-state index contributed by atoms with van der Waals surface area (Å²) in [5, 5.41) is 7.77. The average molecular weight is 276 g/mol. The van der Waals surface area contributed by atoms with Gasteiger partial charge in [-0.15, -0.1) is 0 Å². The van der Waals surface area contributed by atoms with Crippen LogP contribution in [-0.4, -0.2) is 7.05 Å². The summed E-state index contributed by atoms with van der Waals surface area (Å²) in [5.74, 6) is 0.777. The van der Waals surface area contributed by atoms with Crippen LogP contribution in [0.2, 0.25) is 0 Å². The first kappa shape index (κ1) is 12.2. The minimum absolute atomic E-state index is 0.491. The fraction of sp³-hybridized carbons (Fsp3) is 0.636. The van der Waals surface area contributed by atoms with Gasteiger partial charge in [-0.2, -0.15) is 11.3 Å². The lowest BCUT2D eigenvalue weighted by Gasteiger charge is -2.19. The summed E-state index contributed by atoms with van der Waals surface area (Å²) in [5.41, 5.74) is 1.40. The molecule has 2 atom stereocenters. The molecule has 3 heteroatoms. The van der Waals surface area contributed by atoms with E-state index in [2.05, 4.69) is 45.9 Å². The first-order valence-corrected chi connectivity index (χ1v) is 6.81. The van der Waals surface area contributed by atoms with Crippen molar-refractivity contribution >= 4 is 27.3 Å². The highest BCUT2D eigenvalue weighted by Gasteiger charge is 2.15. The minimum Gasteiger partial charge on any atom is -0.313 e. The van der Waals surface area contributed by atoms with Crippen molar-refractivity contribution in [1.29, 1.82) is 0 Å². The van der Waals surface area contributed by atoms with Crippen LogP contribution >= 0.6 is 27.3 Å². The number of thiophene rings is 1. The quantitative estimate of drug-likeness (QED) is 0.849. The molecular weight excluding hydrogens is 258 g/mol. The Kier molecular flexibility index (Phi) is 5.13. The largest absolute Gasteiger partial charge is 0.313 e. The van der Waals surface area contributed by atoms with Crippen LogP contribution in [-0.2, 0) is 0 Å². The summed E-state index contributed by atoms with van der Waals surface area (Å²) in [6.07, 6.45) is 2.46. The lowest BCUT2D eigenvalue weighted by atomic mass is 9.96. The van der Waals surface area contributed by atoms with Crippen molar-refractivity contribution in [2.75, 3.05) is 7.05 Å². The molecule has 1 N–H and O–H groups in total. The van der Waals surface area contributed by atoms with Crippen molar-refractivity contribution in [3.63, 3.8) is 0 Å². The van der Waals surface area contributed by atoms with E-state index in [0.717, 1.165) is 5.92 Å². The van der Waals surface area contributed by atoms with E-state index in [4.69, 9.17) is 0 Å². The summed E-state index contributed by atoms with van der Waals surface area (Å²) in [4.78, 5) is 0. The molecule has 1 aromatic heterocycles. The molecule has 14 heavy (non-hydrogen) atoms. The zero-order valence-corrected chi connectivity index (χ0v) is 11.4. The molecule has 1 rings (SSSR count). The second-order valence-corrected chi connectivity index (χ2v) is 5.36. The predicted octanol–water partition coefficient (Wildman–Crippen LogP) is 4.21. The van der Waals surface area contributed by atoms with Gasteiger partial charge in [0.2, 0.25) is 0 Å². The molecule has 0 aliphatic rings. The van der Waals surface area contributed by atoms with Crippen molar-refractivity contribution in [2.24, 2.45) is 5.92 Å². The summed E-state index contributed by atoms with van der Waals surface area (Å²) >= 11 is 5.35. The Hall–Kier alpha value is 0.140. The Bertz CT molecular complexity index is 272. The molecule has 0 amide bonds. The molecule has 0 spiro atoms. The first-order chi connectivity index (χ1) is 6.69. The van der Waals surface area contributed by atoms with Crippen molar-refractivity contribution in [2.45, 2.75) is 32.7 Å². The van der Waals surface area contributed by atoms with Crippen LogP contribution in [0.5, 0.6) is 0 Å². The highest BCUT2D eigenvalue weighted by Crippen LogP contribution is 2.31. The van der Waals surface area contributed by atoms with Gasteiger partial charge in [0.25, 0.3) is 0 Å². The van der Waals surface area contributed by atoms with Crippen LogP contribution in [0.3, 0.4) is 0 Å². The topological polar surface area (TPSA) is 12.0 Å². The number of hydrogen-bond acceptors (Lipinski definition) is 2. The zero-order valence-electron chi connectivity index (χ0n) is 9.01. The molecule has 0 saturated heterocycles. The molecular formula is C11H18BrNS. The van der Waals surface area contributed by atoms with E-state index in [1.165, 1.54) is 22.9 Å². The van der Waals surface area contributed by atoms with Gasteiger partial charge in [0.1, 0.15) is 0 Å². The van der Waals surface area contributed by atoms with Gasteiger partial charge in [-0.25, -0.2) is 0 Å². The van der Waals surface area contributed by atoms with E-state index < -0.39 is 0 Å². The Balaban J connectivity index is 2.67. The normalized spacial score (nSPS) is 15.4. The van der Waals surface area contributed by atoms with E-state index in [9.17, 15) is 0 Å². The SMILES string of the molecule is CCC(C)CC(NC)c1cscc1Br. The van der Waals surface area contributed by atoms with Crippen LogP contribution in [0.1, 0.15) is 38.3 Å². The van der Waals surface area contributed by atoms with Crippen molar-refractivity contribution in [1.82, 2.24) is 5.32 Å². The minimum atomic E-state index is 0.491. The maximum absolute atomic E-state index is 3.59. The van der Waals surface area contributed by atoms with Gasteiger partial charge in [-0.05, 0) is 46.3 Å². The fourth-order valence-electron chi connectivity index (χ4n) is 1.51. The number of nitrogens with one attached hydrogen (secondary N) is 1. The number of hydrogen-bond donors (Lipinski definition) is 1. The monoisotopic (exact) mass is 275 g/mol. The molecule has 0 radical (unpaired) electrons. The van der Waals surface area contributed by atoms with Gasteiger partial charge in [0, 0.05) is 15.9 Å². The van der Waals surface area contributed by atoms with Crippen molar-refractivity contribution in [3.05, 3.63) is 20.8 Å². The highest BCUT2D eigenvalue weighted by atomic mass is 79.9. The van der Waals surface area contributed by atoms with Crippen molar-refractivity contribution < 1.29 is 0 Å². The fourth-order valence-corrected chi connectivity index (χ4v) is 3.14. The molecule has 1 aromatic rings. The first-order valence-electron chi connectivity index (χ1n) is 5.07. The molecule has 1 nitrogen and oxygen atoms in total. The summed E-state index contributed by atoms with van der Waals surface area (Å²) in [6.45, 7) is 4.56. The maximum Gasteiger partial charge on any atom is 0.0339 e. The standard InChI is InChI=1S/C11H18BrNS/c1-4-8(2)5-11(13-3)9-6-14-7-10(9)12/h6-8,11,13H,4-5H2,1-3H3. The molecule has 0 aromatic carbocycles. The summed E-state index contributed by atoms with van der Waals surface area (Å²) in [6, 6.07) is 0.491. The summed E-state index contributed by atoms with van der Waals surface area (Å²) < 4.78 is 1.24. The zero-order chi connectivity index (χ0) is 10.6. The molecule has 1 heterocycles. The van der Waals surface area contributed by atoms with E-state index in [-0.39, 0.29) is 0 Å². The van der Waals surface area contributed by atoms with Gasteiger partial charge >= 0.3 is 0 Å². The third-order valence-corrected chi connectivity index (χ3v) is 4.45. The van der Waals surface area contributed by atoms with E-state index >= 15 is 0 Å². The third-order valence-electron chi connectivity index (χ3n) is 2.70. The van der Waals surface area contributed by atoms with E-state index in [1.54, 1.807) is 11.3 Å². The van der Waals surface area contributed by atoms with Crippen molar-refractivity contribution in [3.8, 4) is 0 Å². The lowest BCUT2D eigenvalue weighted by molar-refractivity contribution is 0.422. The Morgan fingerprint density at radius 2 is 2.21 bits per heavy atom. The molecule has 0 saturated carbocycles. The van der Waals surface area contributed by atoms with E-state index in [0.29, 0.717) is 6.04 Å². The van der Waals surface area contributed by atoms with E-state index in [1.807, 2.05) is 7.05 Å². The average Bonchev–Trinajstić information content (AvgIpc) is 2.60. The number of rotatable bonds is 5. The molecule has 2 unspecified atom stereocenters. The molecule has 80 valence electrons. The van der Waals surface area contributed by atoms with Gasteiger partial charge in [0.05, 0.1) is 0 Å².